The maximum atomic E-state index is 11.1. The van der Waals surface area contributed by atoms with Gasteiger partial charge < -0.3 is 10.5 Å². The summed E-state index contributed by atoms with van der Waals surface area (Å²) in [4.78, 5) is 14.9. The first kappa shape index (κ1) is 15.6. The normalized spacial score (nSPS) is 8.14. The molecule has 1 aromatic rings. The number of halogens is 2. The third-order valence-electron chi connectivity index (χ3n) is 1.49. The van der Waals surface area contributed by atoms with E-state index in [4.69, 9.17) is 5.73 Å². The number of hydrogen-bond donors (Lipinski definition) is 1. The second kappa shape index (κ2) is 7.55. The first-order valence-electron chi connectivity index (χ1n) is 3.52. The van der Waals surface area contributed by atoms with Crippen LogP contribution in [0.2, 0.25) is 0 Å². The SMILES string of the molecule is COC(=O)c1ncccc1CN.Cl.Cl. The number of nitrogens with zero attached hydrogens (tertiary/aromatic N) is 1. The molecule has 0 aromatic carbocycles. The summed E-state index contributed by atoms with van der Waals surface area (Å²) in [6, 6.07) is 3.48. The molecule has 0 fully saturated rings. The van der Waals surface area contributed by atoms with Crippen LogP contribution in [0.15, 0.2) is 18.3 Å². The molecule has 6 heteroatoms. The maximum absolute atomic E-state index is 11.1. The largest absolute Gasteiger partial charge is 0.464 e. The smallest absolute Gasteiger partial charge is 0.356 e. The quantitative estimate of drug-likeness (QED) is 0.786. The Kier molecular flexibility index (Phi) is 8.43. The van der Waals surface area contributed by atoms with Gasteiger partial charge in [-0.25, -0.2) is 9.78 Å². The minimum Gasteiger partial charge on any atom is -0.464 e. The second-order valence-corrected chi connectivity index (χ2v) is 2.21. The van der Waals surface area contributed by atoms with Crippen molar-refractivity contribution in [2.24, 2.45) is 5.73 Å². The van der Waals surface area contributed by atoms with Gasteiger partial charge in [0.1, 0.15) is 0 Å². The van der Waals surface area contributed by atoms with Crippen LogP contribution in [0.1, 0.15) is 16.1 Å². The fraction of sp³-hybridized carbons (Fsp3) is 0.250. The van der Waals surface area contributed by atoms with Crippen molar-refractivity contribution in [1.82, 2.24) is 4.98 Å². The Morgan fingerprint density at radius 2 is 2.21 bits per heavy atom. The average molecular weight is 239 g/mol. The molecular weight excluding hydrogens is 227 g/mol. The predicted molar refractivity (Wildman–Crippen MR) is 58.0 cm³/mol. The van der Waals surface area contributed by atoms with Gasteiger partial charge in [-0.05, 0) is 11.6 Å². The van der Waals surface area contributed by atoms with E-state index in [1.165, 1.54) is 13.3 Å². The van der Waals surface area contributed by atoms with Crippen molar-refractivity contribution in [2.75, 3.05) is 7.11 Å². The standard InChI is InChI=1S/C8H10N2O2.2ClH/c1-12-8(11)7-6(5-9)3-2-4-10-7;;/h2-4H,5,9H2,1H3;2*1H. The van der Waals surface area contributed by atoms with Crippen LogP contribution in [0.5, 0.6) is 0 Å². The van der Waals surface area contributed by atoms with Crippen molar-refractivity contribution in [3.63, 3.8) is 0 Å². The van der Waals surface area contributed by atoms with Gasteiger partial charge in [-0.15, -0.1) is 24.8 Å². The Morgan fingerprint density at radius 1 is 1.57 bits per heavy atom. The summed E-state index contributed by atoms with van der Waals surface area (Å²) in [6.45, 7) is 0.290. The van der Waals surface area contributed by atoms with Crippen molar-refractivity contribution in [3.05, 3.63) is 29.6 Å². The van der Waals surface area contributed by atoms with Gasteiger partial charge in [0.05, 0.1) is 7.11 Å². The number of ether oxygens (including phenoxy) is 1. The van der Waals surface area contributed by atoms with Crippen LogP contribution in [-0.2, 0) is 11.3 Å². The molecule has 1 aromatic heterocycles. The highest BCUT2D eigenvalue weighted by atomic mass is 35.5. The summed E-state index contributed by atoms with van der Waals surface area (Å²) < 4.78 is 4.52. The minimum atomic E-state index is -0.448. The highest BCUT2D eigenvalue weighted by Crippen LogP contribution is 2.04. The fourth-order valence-electron chi connectivity index (χ4n) is 0.884. The van der Waals surface area contributed by atoms with Crippen molar-refractivity contribution in [3.8, 4) is 0 Å². The Balaban J connectivity index is 0. The number of carbonyl (C=O) groups excluding carboxylic acids is 1. The molecule has 80 valence electrons. The highest BCUT2D eigenvalue weighted by Gasteiger charge is 2.10. The van der Waals surface area contributed by atoms with Gasteiger partial charge in [0, 0.05) is 12.7 Å². The van der Waals surface area contributed by atoms with E-state index in [1.54, 1.807) is 12.1 Å². The highest BCUT2D eigenvalue weighted by molar-refractivity contribution is 5.88. The second-order valence-electron chi connectivity index (χ2n) is 2.21. The van der Waals surface area contributed by atoms with Crippen LogP contribution in [0.3, 0.4) is 0 Å². The van der Waals surface area contributed by atoms with E-state index in [-0.39, 0.29) is 31.4 Å². The van der Waals surface area contributed by atoms with Gasteiger partial charge in [0.15, 0.2) is 5.69 Å². The summed E-state index contributed by atoms with van der Waals surface area (Å²) in [5.41, 5.74) is 6.39. The van der Waals surface area contributed by atoms with E-state index in [2.05, 4.69) is 9.72 Å². The molecule has 0 spiro atoms. The first-order chi connectivity index (χ1) is 5.79. The molecule has 2 N–H and O–H groups in total. The zero-order valence-electron chi connectivity index (χ0n) is 7.60. The monoisotopic (exact) mass is 238 g/mol. The van der Waals surface area contributed by atoms with Crippen LogP contribution >= 0.6 is 24.8 Å². The molecule has 1 rings (SSSR count). The third-order valence-corrected chi connectivity index (χ3v) is 1.49. The molecule has 0 unspecified atom stereocenters. The Bertz CT molecular complexity index is 294. The first-order valence-corrected chi connectivity index (χ1v) is 3.52. The van der Waals surface area contributed by atoms with Crippen LogP contribution in [0.25, 0.3) is 0 Å². The van der Waals surface area contributed by atoms with Crippen molar-refractivity contribution >= 4 is 30.8 Å². The van der Waals surface area contributed by atoms with Crippen LogP contribution in [-0.4, -0.2) is 18.1 Å². The van der Waals surface area contributed by atoms with Crippen LogP contribution < -0.4 is 5.73 Å². The van der Waals surface area contributed by atoms with E-state index in [9.17, 15) is 4.79 Å². The fourth-order valence-corrected chi connectivity index (χ4v) is 0.884. The summed E-state index contributed by atoms with van der Waals surface area (Å²) in [7, 11) is 1.32. The molecule has 4 nitrogen and oxygen atoms in total. The van der Waals surface area contributed by atoms with Crippen molar-refractivity contribution in [1.29, 1.82) is 0 Å². The molecular formula is C8H12Cl2N2O2. The molecule has 0 radical (unpaired) electrons. The van der Waals surface area contributed by atoms with Crippen LogP contribution in [0.4, 0.5) is 0 Å². The molecule has 1 heterocycles. The van der Waals surface area contributed by atoms with E-state index in [0.29, 0.717) is 11.3 Å². The van der Waals surface area contributed by atoms with Gasteiger partial charge >= 0.3 is 5.97 Å². The topological polar surface area (TPSA) is 65.2 Å². The number of carbonyl (C=O) groups is 1. The van der Waals surface area contributed by atoms with E-state index < -0.39 is 5.97 Å². The minimum absolute atomic E-state index is 0. The van der Waals surface area contributed by atoms with Crippen molar-refractivity contribution in [2.45, 2.75) is 6.54 Å². The summed E-state index contributed by atoms with van der Waals surface area (Å²) in [6.07, 6.45) is 1.53. The van der Waals surface area contributed by atoms with Gasteiger partial charge in [-0.3, -0.25) is 0 Å². The lowest BCUT2D eigenvalue weighted by molar-refractivity contribution is 0.0592. The van der Waals surface area contributed by atoms with Gasteiger partial charge in [-0.2, -0.15) is 0 Å². The molecule has 0 saturated heterocycles. The Labute approximate surface area is 94.7 Å². The van der Waals surface area contributed by atoms with Crippen LogP contribution in [0, 0.1) is 0 Å². The lowest BCUT2D eigenvalue weighted by Gasteiger charge is -2.02. The molecule has 0 amide bonds. The lowest BCUT2D eigenvalue weighted by Crippen LogP contribution is -2.10. The summed E-state index contributed by atoms with van der Waals surface area (Å²) >= 11 is 0. The van der Waals surface area contributed by atoms with Gasteiger partial charge in [0.25, 0.3) is 0 Å². The molecule has 0 atom stereocenters. The Hall–Kier alpha value is -0.840. The average Bonchev–Trinajstić information content (AvgIpc) is 2.16. The Morgan fingerprint density at radius 3 is 2.71 bits per heavy atom. The maximum Gasteiger partial charge on any atom is 0.356 e. The number of nitrogens with two attached hydrogens (primary N) is 1. The number of hydrogen-bond acceptors (Lipinski definition) is 4. The molecule has 0 bridgehead atoms. The molecule has 14 heavy (non-hydrogen) atoms. The molecule has 0 aliphatic rings. The third kappa shape index (κ3) is 3.49. The number of esters is 1. The van der Waals surface area contributed by atoms with E-state index in [1.807, 2.05) is 0 Å². The zero-order chi connectivity index (χ0) is 8.97. The molecule has 0 aliphatic carbocycles. The predicted octanol–water partition coefficient (Wildman–Crippen LogP) is 1.17. The zero-order valence-corrected chi connectivity index (χ0v) is 9.23. The molecule has 0 saturated carbocycles. The van der Waals surface area contributed by atoms with E-state index >= 15 is 0 Å². The van der Waals surface area contributed by atoms with Crippen molar-refractivity contribution < 1.29 is 9.53 Å². The number of aromatic nitrogens is 1. The summed E-state index contributed by atoms with van der Waals surface area (Å²) in [5.74, 6) is -0.448. The molecule has 0 aliphatic heterocycles. The van der Waals surface area contributed by atoms with Gasteiger partial charge in [0.2, 0.25) is 0 Å². The lowest BCUT2D eigenvalue weighted by atomic mass is 10.2. The number of rotatable bonds is 2. The van der Waals surface area contributed by atoms with E-state index in [0.717, 1.165) is 0 Å². The van der Waals surface area contributed by atoms with Gasteiger partial charge in [-0.1, -0.05) is 6.07 Å². The number of pyridine rings is 1. The summed E-state index contributed by atoms with van der Waals surface area (Å²) in [5, 5.41) is 0. The number of methoxy groups -OCH3 is 1.